The summed E-state index contributed by atoms with van der Waals surface area (Å²) in [6.45, 7) is 8.27. The highest BCUT2D eigenvalue weighted by molar-refractivity contribution is 5.85. The van der Waals surface area contributed by atoms with E-state index in [1.165, 1.54) is 5.56 Å². The molecule has 122 valence electrons. The maximum atomic E-state index is 11.7. The average molecular weight is 313 g/mol. The number of anilines is 2. The smallest absolute Gasteiger partial charge is 0.412 e. The molecule has 0 aliphatic carbocycles. The van der Waals surface area contributed by atoms with Crippen LogP contribution in [0.4, 0.5) is 16.2 Å². The predicted molar refractivity (Wildman–Crippen MR) is 92.6 cm³/mol. The van der Waals surface area contributed by atoms with Gasteiger partial charge >= 0.3 is 6.09 Å². The number of aromatic nitrogens is 1. The fourth-order valence-corrected chi connectivity index (χ4v) is 1.97. The van der Waals surface area contributed by atoms with Gasteiger partial charge in [0.25, 0.3) is 0 Å². The summed E-state index contributed by atoms with van der Waals surface area (Å²) in [7, 11) is 0. The van der Waals surface area contributed by atoms with Gasteiger partial charge < -0.3 is 10.1 Å². The third-order valence-corrected chi connectivity index (χ3v) is 3.16. The third-order valence-electron chi connectivity index (χ3n) is 3.16. The second-order valence-corrected chi connectivity index (χ2v) is 6.36. The van der Waals surface area contributed by atoms with Crippen LogP contribution in [0.5, 0.6) is 0 Å². The van der Waals surface area contributed by atoms with Crippen LogP contribution in [0.15, 0.2) is 42.7 Å². The summed E-state index contributed by atoms with van der Waals surface area (Å²) in [5.74, 6) is 0. The largest absolute Gasteiger partial charge is 0.444 e. The zero-order valence-corrected chi connectivity index (χ0v) is 14.0. The van der Waals surface area contributed by atoms with Crippen LogP contribution in [0.1, 0.15) is 31.9 Å². The standard InChI is InChI=1S/C18H23N3O2/c1-13-9-10-19-11-14(13)12-20-15-5-7-16(8-6-15)21-17(22)23-18(2,3)4/h5-11,20H,12H2,1-4H3,(H,21,22). The minimum absolute atomic E-state index is 0.454. The number of carbonyl (C=O) groups excluding carboxylic acids is 1. The first-order chi connectivity index (χ1) is 10.8. The summed E-state index contributed by atoms with van der Waals surface area (Å²) < 4.78 is 5.22. The Morgan fingerprint density at radius 2 is 1.78 bits per heavy atom. The molecule has 1 aromatic carbocycles. The Kier molecular flexibility index (Phi) is 5.21. The van der Waals surface area contributed by atoms with E-state index in [0.29, 0.717) is 12.2 Å². The summed E-state index contributed by atoms with van der Waals surface area (Å²) in [4.78, 5) is 15.8. The van der Waals surface area contributed by atoms with E-state index in [0.717, 1.165) is 11.3 Å². The lowest BCUT2D eigenvalue weighted by Gasteiger charge is -2.19. The summed E-state index contributed by atoms with van der Waals surface area (Å²) in [5.41, 5.74) is 3.53. The van der Waals surface area contributed by atoms with Gasteiger partial charge in [-0.3, -0.25) is 10.3 Å². The van der Waals surface area contributed by atoms with Crippen LogP contribution >= 0.6 is 0 Å². The van der Waals surface area contributed by atoms with Crippen LogP contribution in [0.25, 0.3) is 0 Å². The summed E-state index contributed by atoms with van der Waals surface area (Å²) in [6, 6.07) is 9.49. The molecule has 5 nitrogen and oxygen atoms in total. The quantitative estimate of drug-likeness (QED) is 0.881. The van der Waals surface area contributed by atoms with Gasteiger partial charge in [-0.2, -0.15) is 0 Å². The number of ether oxygens (including phenoxy) is 1. The molecule has 0 radical (unpaired) electrons. The Bertz CT molecular complexity index is 661. The molecule has 0 fully saturated rings. The van der Waals surface area contributed by atoms with Crippen molar-refractivity contribution in [3.05, 3.63) is 53.9 Å². The van der Waals surface area contributed by atoms with E-state index in [4.69, 9.17) is 4.74 Å². The number of nitrogens with one attached hydrogen (secondary N) is 2. The van der Waals surface area contributed by atoms with E-state index in [1.54, 1.807) is 6.20 Å². The highest BCUT2D eigenvalue weighted by Crippen LogP contribution is 2.16. The first-order valence-electron chi connectivity index (χ1n) is 7.57. The van der Waals surface area contributed by atoms with E-state index in [2.05, 4.69) is 22.5 Å². The molecule has 0 spiro atoms. The van der Waals surface area contributed by atoms with Gasteiger partial charge in [0.15, 0.2) is 0 Å². The molecule has 1 heterocycles. The molecule has 5 heteroatoms. The maximum Gasteiger partial charge on any atom is 0.412 e. The van der Waals surface area contributed by atoms with E-state index < -0.39 is 11.7 Å². The first-order valence-corrected chi connectivity index (χ1v) is 7.57. The number of amides is 1. The molecule has 1 aromatic heterocycles. The molecule has 1 amide bonds. The zero-order valence-electron chi connectivity index (χ0n) is 14.0. The van der Waals surface area contributed by atoms with Crippen molar-refractivity contribution in [1.29, 1.82) is 0 Å². The highest BCUT2D eigenvalue weighted by atomic mass is 16.6. The number of pyridine rings is 1. The van der Waals surface area contributed by atoms with Gasteiger partial charge in [0.05, 0.1) is 0 Å². The predicted octanol–water partition coefficient (Wildman–Crippen LogP) is 4.35. The third kappa shape index (κ3) is 5.62. The molecule has 0 aliphatic heterocycles. The fourth-order valence-electron chi connectivity index (χ4n) is 1.97. The second kappa shape index (κ2) is 7.13. The van der Waals surface area contributed by atoms with Crippen LogP contribution in [0.3, 0.4) is 0 Å². The van der Waals surface area contributed by atoms with Gasteiger partial charge in [-0.05, 0) is 69.2 Å². The number of carbonyl (C=O) groups is 1. The van der Waals surface area contributed by atoms with Crippen LogP contribution in [0.2, 0.25) is 0 Å². The molecule has 0 bridgehead atoms. The molecule has 0 unspecified atom stereocenters. The van der Waals surface area contributed by atoms with Gasteiger partial charge in [-0.1, -0.05) is 0 Å². The van der Waals surface area contributed by atoms with Crippen molar-refractivity contribution in [3.63, 3.8) is 0 Å². The molecule has 23 heavy (non-hydrogen) atoms. The zero-order chi connectivity index (χ0) is 16.9. The van der Waals surface area contributed by atoms with Crippen LogP contribution in [0, 0.1) is 6.92 Å². The van der Waals surface area contributed by atoms with Crippen LogP contribution in [-0.4, -0.2) is 16.7 Å². The van der Waals surface area contributed by atoms with Crippen molar-refractivity contribution in [2.45, 2.75) is 39.8 Å². The van der Waals surface area contributed by atoms with Gasteiger partial charge in [0.1, 0.15) is 5.60 Å². The number of nitrogens with zero attached hydrogens (tertiary/aromatic N) is 1. The lowest BCUT2D eigenvalue weighted by molar-refractivity contribution is 0.0636. The average Bonchev–Trinajstić information content (AvgIpc) is 2.46. The van der Waals surface area contributed by atoms with Crippen LogP contribution < -0.4 is 10.6 Å². The van der Waals surface area contributed by atoms with E-state index >= 15 is 0 Å². The topological polar surface area (TPSA) is 63.2 Å². The number of hydrogen-bond donors (Lipinski definition) is 2. The summed E-state index contributed by atoms with van der Waals surface area (Å²) in [6.07, 6.45) is 3.20. The Morgan fingerprint density at radius 1 is 1.13 bits per heavy atom. The lowest BCUT2D eigenvalue weighted by Crippen LogP contribution is -2.27. The molecule has 0 atom stereocenters. The van der Waals surface area contributed by atoms with Crippen LogP contribution in [-0.2, 0) is 11.3 Å². The molecule has 0 saturated carbocycles. The normalized spacial score (nSPS) is 11.0. The molecule has 0 aliphatic rings. The van der Waals surface area contributed by atoms with E-state index in [9.17, 15) is 4.79 Å². The summed E-state index contributed by atoms with van der Waals surface area (Å²) >= 11 is 0. The Balaban J connectivity index is 1.90. The lowest BCUT2D eigenvalue weighted by atomic mass is 10.1. The minimum atomic E-state index is -0.507. The number of rotatable bonds is 4. The van der Waals surface area contributed by atoms with Gasteiger partial charge in [0.2, 0.25) is 0 Å². The van der Waals surface area contributed by atoms with E-state index in [1.807, 2.05) is 57.3 Å². The van der Waals surface area contributed by atoms with Crippen molar-refractivity contribution in [3.8, 4) is 0 Å². The van der Waals surface area contributed by atoms with Crippen molar-refractivity contribution in [2.75, 3.05) is 10.6 Å². The molecule has 2 rings (SSSR count). The van der Waals surface area contributed by atoms with Gasteiger partial charge in [-0.15, -0.1) is 0 Å². The Hall–Kier alpha value is -2.56. The summed E-state index contributed by atoms with van der Waals surface area (Å²) in [5, 5.41) is 6.05. The monoisotopic (exact) mass is 313 g/mol. The highest BCUT2D eigenvalue weighted by Gasteiger charge is 2.15. The molecular formula is C18H23N3O2. The number of hydrogen-bond acceptors (Lipinski definition) is 4. The second-order valence-electron chi connectivity index (χ2n) is 6.36. The minimum Gasteiger partial charge on any atom is -0.444 e. The maximum absolute atomic E-state index is 11.7. The molecule has 0 saturated heterocycles. The van der Waals surface area contributed by atoms with Crippen molar-refractivity contribution in [1.82, 2.24) is 4.98 Å². The van der Waals surface area contributed by atoms with E-state index in [-0.39, 0.29) is 0 Å². The fraction of sp³-hybridized carbons (Fsp3) is 0.333. The van der Waals surface area contributed by atoms with Crippen molar-refractivity contribution in [2.24, 2.45) is 0 Å². The first kappa shape index (κ1) is 16.8. The Morgan fingerprint density at radius 3 is 2.39 bits per heavy atom. The molecule has 2 N–H and O–H groups in total. The van der Waals surface area contributed by atoms with Gasteiger partial charge in [0, 0.05) is 30.3 Å². The number of benzene rings is 1. The Labute approximate surface area is 137 Å². The SMILES string of the molecule is Cc1ccncc1CNc1ccc(NC(=O)OC(C)(C)C)cc1. The number of aryl methyl sites for hydroxylation is 1. The van der Waals surface area contributed by atoms with Crippen molar-refractivity contribution >= 4 is 17.5 Å². The molecule has 2 aromatic rings. The molecular weight excluding hydrogens is 290 g/mol. The van der Waals surface area contributed by atoms with Crippen molar-refractivity contribution < 1.29 is 9.53 Å². The van der Waals surface area contributed by atoms with Gasteiger partial charge in [-0.25, -0.2) is 4.79 Å².